The number of ketones is 1. The number of hydrogen-bond donors (Lipinski definition) is 0. The SMILES string of the molecule is CCOC(=O)CC(=O)COc1ccc(F)c(C)c1. The Morgan fingerprint density at radius 3 is 2.67 bits per heavy atom. The van der Waals surface area contributed by atoms with Gasteiger partial charge in [-0.15, -0.1) is 0 Å². The minimum Gasteiger partial charge on any atom is -0.486 e. The number of aryl methyl sites for hydroxylation is 1. The molecule has 0 saturated heterocycles. The molecule has 0 unspecified atom stereocenters. The van der Waals surface area contributed by atoms with Gasteiger partial charge < -0.3 is 9.47 Å². The summed E-state index contributed by atoms with van der Waals surface area (Å²) in [5, 5.41) is 0. The zero-order chi connectivity index (χ0) is 13.5. The van der Waals surface area contributed by atoms with E-state index in [-0.39, 0.29) is 31.2 Å². The van der Waals surface area contributed by atoms with Crippen molar-refractivity contribution in [3.8, 4) is 5.75 Å². The lowest BCUT2D eigenvalue weighted by molar-refractivity contribution is -0.145. The highest BCUT2D eigenvalue weighted by Crippen LogP contribution is 2.15. The summed E-state index contributed by atoms with van der Waals surface area (Å²) in [6.07, 6.45) is -0.311. The van der Waals surface area contributed by atoms with Gasteiger partial charge in [0.25, 0.3) is 0 Å². The van der Waals surface area contributed by atoms with Crippen molar-refractivity contribution in [1.82, 2.24) is 0 Å². The largest absolute Gasteiger partial charge is 0.486 e. The molecule has 18 heavy (non-hydrogen) atoms. The van der Waals surface area contributed by atoms with Crippen molar-refractivity contribution >= 4 is 11.8 Å². The van der Waals surface area contributed by atoms with E-state index < -0.39 is 5.97 Å². The Balaban J connectivity index is 2.42. The molecule has 0 aliphatic heterocycles. The second kappa shape index (κ2) is 6.74. The van der Waals surface area contributed by atoms with Crippen molar-refractivity contribution in [1.29, 1.82) is 0 Å². The summed E-state index contributed by atoms with van der Waals surface area (Å²) in [5.41, 5.74) is 0.436. The molecule has 1 aromatic rings. The second-order valence-electron chi connectivity index (χ2n) is 3.72. The van der Waals surface area contributed by atoms with Crippen molar-refractivity contribution in [3.63, 3.8) is 0 Å². The molecule has 0 aliphatic rings. The fraction of sp³-hybridized carbons (Fsp3) is 0.385. The highest BCUT2D eigenvalue weighted by Gasteiger charge is 2.11. The van der Waals surface area contributed by atoms with E-state index in [2.05, 4.69) is 4.74 Å². The van der Waals surface area contributed by atoms with Crippen LogP contribution < -0.4 is 4.74 Å². The maximum atomic E-state index is 13.0. The Morgan fingerprint density at radius 1 is 1.33 bits per heavy atom. The first kappa shape index (κ1) is 14.2. The predicted molar refractivity (Wildman–Crippen MR) is 62.9 cm³/mol. The molecule has 1 rings (SSSR count). The molecule has 0 N–H and O–H groups in total. The summed E-state index contributed by atoms with van der Waals surface area (Å²) < 4.78 is 22.8. The molecule has 0 radical (unpaired) electrons. The lowest BCUT2D eigenvalue weighted by atomic mass is 10.2. The number of carbonyl (C=O) groups excluding carboxylic acids is 2. The lowest BCUT2D eigenvalue weighted by Gasteiger charge is -2.06. The first-order valence-electron chi connectivity index (χ1n) is 5.59. The van der Waals surface area contributed by atoms with Gasteiger partial charge in [-0.2, -0.15) is 0 Å². The Kier molecular flexibility index (Phi) is 5.30. The van der Waals surface area contributed by atoms with E-state index in [0.717, 1.165) is 0 Å². The van der Waals surface area contributed by atoms with Gasteiger partial charge in [0.05, 0.1) is 6.61 Å². The monoisotopic (exact) mass is 254 g/mol. The minimum absolute atomic E-state index is 0.232. The van der Waals surface area contributed by atoms with Crippen LogP contribution in [0.3, 0.4) is 0 Å². The number of benzene rings is 1. The number of halogens is 1. The normalized spacial score (nSPS) is 9.94. The third-order valence-corrected chi connectivity index (χ3v) is 2.18. The maximum absolute atomic E-state index is 13.0. The molecular weight excluding hydrogens is 239 g/mol. The van der Waals surface area contributed by atoms with E-state index in [1.807, 2.05) is 0 Å². The fourth-order valence-corrected chi connectivity index (χ4v) is 1.29. The van der Waals surface area contributed by atoms with Crippen LogP contribution in [-0.2, 0) is 14.3 Å². The number of rotatable bonds is 6. The van der Waals surface area contributed by atoms with Gasteiger partial charge in [-0.3, -0.25) is 9.59 Å². The first-order valence-corrected chi connectivity index (χ1v) is 5.59. The van der Waals surface area contributed by atoms with Gasteiger partial charge in [0, 0.05) is 0 Å². The molecule has 0 aliphatic carbocycles. The van der Waals surface area contributed by atoms with Crippen LogP contribution >= 0.6 is 0 Å². The zero-order valence-corrected chi connectivity index (χ0v) is 10.4. The van der Waals surface area contributed by atoms with Crippen LogP contribution in [0.4, 0.5) is 4.39 Å². The minimum atomic E-state index is -0.568. The summed E-state index contributed by atoms with van der Waals surface area (Å²) in [5.74, 6) is -0.886. The Hall–Kier alpha value is -1.91. The third kappa shape index (κ3) is 4.53. The average Bonchev–Trinajstić information content (AvgIpc) is 2.31. The lowest BCUT2D eigenvalue weighted by Crippen LogP contribution is -2.17. The van der Waals surface area contributed by atoms with Gasteiger partial charge in [-0.05, 0) is 37.6 Å². The molecule has 1 aromatic carbocycles. The molecule has 0 heterocycles. The van der Waals surface area contributed by atoms with E-state index in [1.54, 1.807) is 13.8 Å². The molecule has 0 spiro atoms. The van der Waals surface area contributed by atoms with Crippen molar-refractivity contribution < 1.29 is 23.5 Å². The summed E-state index contributed by atoms with van der Waals surface area (Å²) >= 11 is 0. The summed E-state index contributed by atoms with van der Waals surface area (Å²) in [4.78, 5) is 22.4. The van der Waals surface area contributed by atoms with E-state index in [1.165, 1.54) is 18.2 Å². The highest BCUT2D eigenvalue weighted by molar-refractivity contribution is 5.96. The molecule has 0 aromatic heterocycles. The molecular formula is C13H15FO4. The van der Waals surface area contributed by atoms with Crippen molar-refractivity contribution in [2.75, 3.05) is 13.2 Å². The molecule has 0 bridgehead atoms. The molecule has 0 atom stereocenters. The van der Waals surface area contributed by atoms with Crippen LogP contribution in [0.15, 0.2) is 18.2 Å². The van der Waals surface area contributed by atoms with Gasteiger partial charge in [0.15, 0.2) is 5.78 Å². The first-order chi connectivity index (χ1) is 8.52. The molecule has 98 valence electrons. The topological polar surface area (TPSA) is 52.6 Å². The highest BCUT2D eigenvalue weighted by atomic mass is 19.1. The van der Waals surface area contributed by atoms with Gasteiger partial charge >= 0.3 is 5.97 Å². The third-order valence-electron chi connectivity index (χ3n) is 2.18. The zero-order valence-electron chi connectivity index (χ0n) is 10.4. The second-order valence-corrected chi connectivity index (χ2v) is 3.72. The van der Waals surface area contributed by atoms with Crippen molar-refractivity contribution in [2.45, 2.75) is 20.3 Å². The number of esters is 1. The van der Waals surface area contributed by atoms with Crippen LogP contribution in [0.1, 0.15) is 18.9 Å². The van der Waals surface area contributed by atoms with Crippen LogP contribution in [0.2, 0.25) is 0 Å². The Bertz CT molecular complexity index is 443. The van der Waals surface area contributed by atoms with E-state index in [0.29, 0.717) is 11.3 Å². The summed E-state index contributed by atoms with van der Waals surface area (Å²) in [6, 6.07) is 4.19. The summed E-state index contributed by atoms with van der Waals surface area (Å²) in [6.45, 7) is 3.27. The number of ether oxygens (including phenoxy) is 2. The van der Waals surface area contributed by atoms with E-state index in [4.69, 9.17) is 4.74 Å². The van der Waals surface area contributed by atoms with Gasteiger partial charge in [-0.1, -0.05) is 0 Å². The van der Waals surface area contributed by atoms with Crippen LogP contribution in [0.25, 0.3) is 0 Å². The molecule has 5 heteroatoms. The van der Waals surface area contributed by atoms with Crippen LogP contribution in [0, 0.1) is 12.7 Å². The average molecular weight is 254 g/mol. The quantitative estimate of drug-likeness (QED) is 0.575. The summed E-state index contributed by atoms with van der Waals surface area (Å²) in [7, 11) is 0. The molecule has 0 fully saturated rings. The van der Waals surface area contributed by atoms with Gasteiger partial charge in [-0.25, -0.2) is 4.39 Å². The van der Waals surface area contributed by atoms with Crippen LogP contribution in [0.5, 0.6) is 5.75 Å². The molecule has 0 saturated carbocycles. The van der Waals surface area contributed by atoms with E-state index >= 15 is 0 Å². The standard InChI is InChI=1S/C13H15FO4/c1-3-17-13(16)7-10(15)8-18-11-4-5-12(14)9(2)6-11/h4-6H,3,7-8H2,1-2H3. The van der Waals surface area contributed by atoms with Crippen molar-refractivity contribution in [2.24, 2.45) is 0 Å². The van der Waals surface area contributed by atoms with E-state index in [9.17, 15) is 14.0 Å². The number of carbonyl (C=O) groups is 2. The number of hydrogen-bond acceptors (Lipinski definition) is 4. The smallest absolute Gasteiger partial charge is 0.313 e. The van der Waals surface area contributed by atoms with Crippen LogP contribution in [-0.4, -0.2) is 25.0 Å². The fourth-order valence-electron chi connectivity index (χ4n) is 1.29. The van der Waals surface area contributed by atoms with Gasteiger partial charge in [0.1, 0.15) is 24.6 Å². The maximum Gasteiger partial charge on any atom is 0.313 e. The van der Waals surface area contributed by atoms with Crippen molar-refractivity contribution in [3.05, 3.63) is 29.6 Å². The molecule has 4 nitrogen and oxygen atoms in total. The molecule has 0 amide bonds. The predicted octanol–water partition coefficient (Wildman–Crippen LogP) is 2.04. The number of Topliss-reactive ketones (excluding diaryl/α,β-unsaturated/α-hetero) is 1. The van der Waals surface area contributed by atoms with Gasteiger partial charge in [0.2, 0.25) is 0 Å². The Morgan fingerprint density at radius 2 is 2.06 bits per heavy atom. The Labute approximate surface area is 105 Å².